The fraction of sp³-hybridized carbons (Fsp3) is 0.133. The summed E-state index contributed by atoms with van der Waals surface area (Å²) in [5.41, 5.74) is 1.21. The summed E-state index contributed by atoms with van der Waals surface area (Å²) in [5.74, 6) is 1.52. The molecule has 0 aliphatic heterocycles. The Bertz CT molecular complexity index is 894. The van der Waals surface area contributed by atoms with Crippen molar-refractivity contribution in [3.05, 3.63) is 53.2 Å². The van der Waals surface area contributed by atoms with E-state index in [0.717, 1.165) is 20.6 Å². The predicted molar refractivity (Wildman–Crippen MR) is 87.5 cm³/mol. The average molecular weight is 328 g/mol. The van der Waals surface area contributed by atoms with Crippen LogP contribution >= 0.6 is 22.7 Å². The number of nitrogens with zero attached hydrogens (tertiary/aromatic N) is 4. The molecular formula is C15H12N4OS2. The quantitative estimate of drug-likeness (QED) is 0.572. The monoisotopic (exact) mass is 328 g/mol. The lowest BCUT2D eigenvalue weighted by Gasteiger charge is -2.04. The number of benzene rings is 1. The van der Waals surface area contributed by atoms with Crippen LogP contribution in [-0.2, 0) is 6.61 Å². The van der Waals surface area contributed by atoms with Gasteiger partial charge in [0, 0.05) is 0 Å². The SMILES string of the molecule is Cc1ccc(OCc2nnc3sc(-c4cccs4)nn23)cc1. The molecule has 0 saturated carbocycles. The fourth-order valence-electron chi connectivity index (χ4n) is 2.03. The Morgan fingerprint density at radius 3 is 2.77 bits per heavy atom. The first-order chi connectivity index (χ1) is 10.8. The molecule has 0 unspecified atom stereocenters. The Morgan fingerprint density at radius 2 is 2.00 bits per heavy atom. The Kier molecular flexibility index (Phi) is 3.36. The molecule has 0 bridgehead atoms. The molecule has 0 atom stereocenters. The Labute approximate surface area is 134 Å². The normalized spacial score (nSPS) is 11.1. The van der Waals surface area contributed by atoms with E-state index in [1.54, 1.807) is 15.9 Å². The summed E-state index contributed by atoms with van der Waals surface area (Å²) in [6.07, 6.45) is 0. The van der Waals surface area contributed by atoms with Crippen molar-refractivity contribution in [2.45, 2.75) is 13.5 Å². The van der Waals surface area contributed by atoms with E-state index in [0.29, 0.717) is 12.4 Å². The molecule has 1 aromatic carbocycles. The molecule has 0 saturated heterocycles. The van der Waals surface area contributed by atoms with Crippen molar-refractivity contribution in [3.8, 4) is 15.6 Å². The Morgan fingerprint density at radius 1 is 1.14 bits per heavy atom. The number of thiophene rings is 1. The van der Waals surface area contributed by atoms with Crippen LogP contribution in [0.1, 0.15) is 11.4 Å². The van der Waals surface area contributed by atoms with Crippen molar-refractivity contribution in [3.63, 3.8) is 0 Å². The standard InChI is InChI=1S/C15H12N4OS2/c1-10-4-6-11(7-5-10)20-9-13-16-17-15-19(13)18-14(22-15)12-3-2-8-21-12/h2-8H,9H2,1H3. The van der Waals surface area contributed by atoms with Gasteiger partial charge in [0.05, 0.1) is 4.88 Å². The third-order valence-electron chi connectivity index (χ3n) is 3.18. The third-order valence-corrected chi connectivity index (χ3v) is 5.11. The van der Waals surface area contributed by atoms with Crippen LogP contribution in [0.4, 0.5) is 0 Å². The molecule has 7 heteroatoms. The molecule has 22 heavy (non-hydrogen) atoms. The van der Waals surface area contributed by atoms with Gasteiger partial charge >= 0.3 is 0 Å². The number of ether oxygens (including phenoxy) is 1. The lowest BCUT2D eigenvalue weighted by atomic mass is 10.2. The number of fused-ring (bicyclic) bond motifs is 1. The summed E-state index contributed by atoms with van der Waals surface area (Å²) >= 11 is 3.20. The van der Waals surface area contributed by atoms with E-state index in [2.05, 4.69) is 21.4 Å². The van der Waals surface area contributed by atoms with E-state index < -0.39 is 0 Å². The van der Waals surface area contributed by atoms with E-state index in [1.807, 2.05) is 42.6 Å². The van der Waals surface area contributed by atoms with E-state index in [-0.39, 0.29) is 0 Å². The number of hydrogen-bond donors (Lipinski definition) is 0. The Hall–Kier alpha value is -2.25. The van der Waals surface area contributed by atoms with Crippen LogP contribution in [0.5, 0.6) is 5.75 Å². The number of rotatable bonds is 4. The van der Waals surface area contributed by atoms with Crippen LogP contribution in [0.2, 0.25) is 0 Å². The molecular weight excluding hydrogens is 316 g/mol. The molecule has 4 aromatic rings. The van der Waals surface area contributed by atoms with E-state index in [1.165, 1.54) is 16.9 Å². The van der Waals surface area contributed by atoms with Crippen molar-refractivity contribution in [2.24, 2.45) is 0 Å². The van der Waals surface area contributed by atoms with Gasteiger partial charge in [-0.05, 0) is 30.5 Å². The Balaban J connectivity index is 1.58. The summed E-state index contributed by atoms with van der Waals surface area (Å²) in [5, 5.41) is 15.9. The maximum absolute atomic E-state index is 5.76. The lowest BCUT2D eigenvalue weighted by molar-refractivity contribution is 0.293. The topological polar surface area (TPSA) is 52.3 Å². The molecule has 0 aliphatic rings. The van der Waals surface area contributed by atoms with Gasteiger partial charge in [0.1, 0.15) is 12.4 Å². The predicted octanol–water partition coefficient (Wildman–Crippen LogP) is 3.80. The first-order valence-corrected chi connectivity index (χ1v) is 8.44. The molecule has 4 rings (SSSR count). The van der Waals surface area contributed by atoms with Gasteiger partial charge in [-0.3, -0.25) is 0 Å². The first-order valence-electron chi connectivity index (χ1n) is 6.74. The highest BCUT2D eigenvalue weighted by Gasteiger charge is 2.13. The highest BCUT2D eigenvalue weighted by atomic mass is 32.1. The molecule has 5 nitrogen and oxygen atoms in total. The molecule has 0 fully saturated rings. The van der Waals surface area contributed by atoms with Crippen molar-refractivity contribution in [1.82, 2.24) is 19.8 Å². The molecule has 0 N–H and O–H groups in total. The summed E-state index contributed by atoms with van der Waals surface area (Å²) in [6, 6.07) is 12.0. The van der Waals surface area contributed by atoms with Gasteiger partial charge in [0.25, 0.3) is 0 Å². The van der Waals surface area contributed by atoms with Gasteiger partial charge in [-0.15, -0.1) is 21.5 Å². The highest BCUT2D eigenvalue weighted by molar-refractivity contribution is 7.23. The van der Waals surface area contributed by atoms with Gasteiger partial charge < -0.3 is 4.74 Å². The van der Waals surface area contributed by atoms with Crippen LogP contribution in [0.3, 0.4) is 0 Å². The molecule has 3 heterocycles. The van der Waals surface area contributed by atoms with Gasteiger partial charge in [-0.1, -0.05) is 35.1 Å². The van der Waals surface area contributed by atoms with Gasteiger partial charge in [-0.2, -0.15) is 9.61 Å². The maximum Gasteiger partial charge on any atom is 0.235 e. The second-order valence-electron chi connectivity index (χ2n) is 4.80. The number of hydrogen-bond acceptors (Lipinski definition) is 6. The minimum atomic E-state index is 0.345. The van der Waals surface area contributed by atoms with Crippen LogP contribution in [0, 0.1) is 6.92 Å². The molecule has 0 spiro atoms. The lowest BCUT2D eigenvalue weighted by Crippen LogP contribution is -2.02. The largest absolute Gasteiger partial charge is 0.486 e. The smallest absolute Gasteiger partial charge is 0.235 e. The summed E-state index contributed by atoms with van der Waals surface area (Å²) in [6.45, 7) is 2.39. The van der Waals surface area contributed by atoms with E-state index in [4.69, 9.17) is 4.74 Å². The zero-order chi connectivity index (χ0) is 14.9. The summed E-state index contributed by atoms with van der Waals surface area (Å²) < 4.78 is 7.52. The molecule has 0 aliphatic carbocycles. The van der Waals surface area contributed by atoms with Crippen molar-refractivity contribution >= 4 is 27.6 Å². The van der Waals surface area contributed by atoms with Crippen molar-refractivity contribution < 1.29 is 4.74 Å². The fourth-order valence-corrected chi connectivity index (χ4v) is 3.68. The molecule has 0 radical (unpaired) electrons. The van der Waals surface area contributed by atoms with Crippen LogP contribution in [0.25, 0.3) is 14.8 Å². The number of aryl methyl sites for hydroxylation is 1. The number of aromatic nitrogens is 4. The van der Waals surface area contributed by atoms with Crippen LogP contribution < -0.4 is 4.74 Å². The zero-order valence-electron chi connectivity index (χ0n) is 11.8. The first kappa shape index (κ1) is 13.4. The molecule has 0 amide bonds. The van der Waals surface area contributed by atoms with Crippen LogP contribution in [-0.4, -0.2) is 19.8 Å². The molecule has 3 aromatic heterocycles. The van der Waals surface area contributed by atoms with Gasteiger partial charge in [-0.25, -0.2) is 0 Å². The summed E-state index contributed by atoms with van der Waals surface area (Å²) in [4.78, 5) is 1.92. The third kappa shape index (κ3) is 2.49. The van der Waals surface area contributed by atoms with Gasteiger partial charge in [0.15, 0.2) is 10.8 Å². The van der Waals surface area contributed by atoms with Crippen molar-refractivity contribution in [2.75, 3.05) is 0 Å². The van der Waals surface area contributed by atoms with E-state index in [9.17, 15) is 0 Å². The molecule has 110 valence electrons. The minimum absolute atomic E-state index is 0.345. The van der Waals surface area contributed by atoms with Crippen LogP contribution in [0.15, 0.2) is 41.8 Å². The minimum Gasteiger partial charge on any atom is -0.486 e. The summed E-state index contributed by atoms with van der Waals surface area (Å²) in [7, 11) is 0. The second-order valence-corrected chi connectivity index (χ2v) is 6.70. The maximum atomic E-state index is 5.76. The second kappa shape index (κ2) is 5.51. The highest BCUT2D eigenvalue weighted by Crippen LogP contribution is 2.29. The van der Waals surface area contributed by atoms with Crippen molar-refractivity contribution in [1.29, 1.82) is 0 Å². The van der Waals surface area contributed by atoms with Gasteiger partial charge in [0.2, 0.25) is 4.96 Å². The van der Waals surface area contributed by atoms with E-state index >= 15 is 0 Å². The zero-order valence-corrected chi connectivity index (χ0v) is 13.4. The average Bonchev–Trinajstić information content (AvgIpc) is 3.23.